The van der Waals surface area contributed by atoms with Crippen LogP contribution >= 0.6 is 27.5 Å². The SMILES string of the molecule is O=C(CNC(=O)c1cccc(Br)c1)C(=O)NCc1ccc(Cl)c(C(F)(F)F)c1. The molecule has 0 aliphatic heterocycles. The minimum Gasteiger partial charge on any atom is -0.345 e. The summed E-state index contributed by atoms with van der Waals surface area (Å²) < 4.78 is 39.2. The van der Waals surface area contributed by atoms with Gasteiger partial charge in [0.15, 0.2) is 0 Å². The second kappa shape index (κ2) is 9.20. The number of hydrogen-bond donors (Lipinski definition) is 2. The van der Waals surface area contributed by atoms with Gasteiger partial charge in [0.05, 0.1) is 17.1 Å². The van der Waals surface area contributed by atoms with Crippen molar-refractivity contribution in [2.45, 2.75) is 12.7 Å². The minimum absolute atomic E-state index is 0.121. The summed E-state index contributed by atoms with van der Waals surface area (Å²) in [6, 6.07) is 9.58. The number of amides is 2. The number of carbonyl (C=O) groups is 3. The fourth-order valence-electron chi connectivity index (χ4n) is 2.15. The Hall–Kier alpha value is -2.39. The van der Waals surface area contributed by atoms with Crippen LogP contribution in [0.2, 0.25) is 5.02 Å². The quantitative estimate of drug-likeness (QED) is 0.623. The molecule has 5 nitrogen and oxygen atoms in total. The van der Waals surface area contributed by atoms with Gasteiger partial charge in [-0.1, -0.05) is 39.7 Å². The summed E-state index contributed by atoms with van der Waals surface area (Å²) >= 11 is 8.73. The molecule has 0 heterocycles. The van der Waals surface area contributed by atoms with Crippen molar-refractivity contribution in [3.63, 3.8) is 0 Å². The van der Waals surface area contributed by atoms with Gasteiger partial charge in [-0.2, -0.15) is 13.2 Å². The van der Waals surface area contributed by atoms with Crippen LogP contribution in [-0.4, -0.2) is 24.1 Å². The van der Waals surface area contributed by atoms with E-state index in [4.69, 9.17) is 11.6 Å². The van der Waals surface area contributed by atoms with Gasteiger partial charge in [0.25, 0.3) is 11.8 Å². The highest BCUT2D eigenvalue weighted by Gasteiger charge is 2.33. The second-order valence-corrected chi connectivity index (χ2v) is 6.93. The van der Waals surface area contributed by atoms with E-state index in [0.29, 0.717) is 10.0 Å². The lowest BCUT2D eigenvalue weighted by atomic mass is 10.1. The average Bonchev–Trinajstić information content (AvgIpc) is 2.63. The van der Waals surface area contributed by atoms with Crippen molar-refractivity contribution in [3.8, 4) is 0 Å². The Bertz CT molecular complexity index is 919. The topological polar surface area (TPSA) is 75.3 Å². The number of ketones is 1. The van der Waals surface area contributed by atoms with Gasteiger partial charge in [0.2, 0.25) is 5.78 Å². The van der Waals surface area contributed by atoms with Gasteiger partial charge in [-0.05, 0) is 35.9 Å². The molecule has 2 aromatic carbocycles. The van der Waals surface area contributed by atoms with Crippen molar-refractivity contribution in [1.29, 1.82) is 0 Å². The summed E-state index contributed by atoms with van der Waals surface area (Å²) in [5.74, 6) is -2.51. The summed E-state index contributed by atoms with van der Waals surface area (Å²) in [6.07, 6.45) is -4.64. The summed E-state index contributed by atoms with van der Waals surface area (Å²) in [6.45, 7) is -0.851. The summed E-state index contributed by atoms with van der Waals surface area (Å²) in [5.41, 5.74) is -0.618. The van der Waals surface area contributed by atoms with E-state index < -0.39 is 40.9 Å². The molecule has 2 rings (SSSR count). The maximum Gasteiger partial charge on any atom is 0.417 e. The van der Waals surface area contributed by atoms with E-state index in [9.17, 15) is 27.6 Å². The van der Waals surface area contributed by atoms with Gasteiger partial charge in [0, 0.05) is 16.6 Å². The zero-order chi connectivity index (χ0) is 20.9. The minimum atomic E-state index is -4.64. The van der Waals surface area contributed by atoms with Crippen molar-refractivity contribution >= 4 is 45.1 Å². The molecule has 0 fully saturated rings. The smallest absolute Gasteiger partial charge is 0.345 e. The summed E-state index contributed by atoms with van der Waals surface area (Å²) in [4.78, 5) is 35.5. The van der Waals surface area contributed by atoms with Gasteiger partial charge in [-0.25, -0.2) is 0 Å². The molecule has 10 heteroatoms. The first-order valence-electron chi connectivity index (χ1n) is 7.78. The molecule has 0 aliphatic carbocycles. The molecule has 0 radical (unpaired) electrons. The first-order chi connectivity index (χ1) is 13.1. The van der Waals surface area contributed by atoms with E-state index in [-0.39, 0.29) is 12.1 Å². The lowest BCUT2D eigenvalue weighted by molar-refractivity contribution is -0.137. The van der Waals surface area contributed by atoms with E-state index in [1.807, 2.05) is 0 Å². The van der Waals surface area contributed by atoms with Crippen LogP contribution < -0.4 is 10.6 Å². The Morgan fingerprint density at radius 2 is 1.75 bits per heavy atom. The number of benzene rings is 2. The van der Waals surface area contributed by atoms with E-state index in [1.165, 1.54) is 12.1 Å². The molecule has 0 saturated heterocycles. The van der Waals surface area contributed by atoms with Crippen LogP contribution in [0.25, 0.3) is 0 Å². The molecule has 148 valence electrons. The third-order valence-electron chi connectivity index (χ3n) is 3.54. The third kappa shape index (κ3) is 6.07. The number of nitrogens with one attached hydrogen (secondary N) is 2. The predicted octanol–water partition coefficient (Wildman–Crippen LogP) is 3.74. The lowest BCUT2D eigenvalue weighted by Crippen LogP contribution is -2.39. The normalized spacial score (nSPS) is 11.0. The highest BCUT2D eigenvalue weighted by Crippen LogP contribution is 2.35. The number of hydrogen-bond acceptors (Lipinski definition) is 3. The molecule has 0 spiro atoms. The van der Waals surface area contributed by atoms with E-state index in [1.54, 1.807) is 18.2 Å². The third-order valence-corrected chi connectivity index (χ3v) is 4.36. The fraction of sp³-hybridized carbons (Fsp3) is 0.167. The summed E-state index contributed by atoms with van der Waals surface area (Å²) in [5, 5.41) is 4.05. The van der Waals surface area contributed by atoms with Crippen LogP contribution in [0.3, 0.4) is 0 Å². The van der Waals surface area contributed by atoms with E-state index in [2.05, 4.69) is 26.6 Å². The Morgan fingerprint density at radius 3 is 2.39 bits per heavy atom. The molecule has 0 bridgehead atoms. The zero-order valence-electron chi connectivity index (χ0n) is 14.1. The van der Waals surface area contributed by atoms with Crippen LogP contribution in [0.5, 0.6) is 0 Å². The van der Waals surface area contributed by atoms with Gasteiger partial charge in [-0.15, -0.1) is 0 Å². The van der Waals surface area contributed by atoms with Crippen LogP contribution in [0.15, 0.2) is 46.9 Å². The Balaban J connectivity index is 1.89. The van der Waals surface area contributed by atoms with Crippen molar-refractivity contribution in [1.82, 2.24) is 10.6 Å². The Kier molecular flexibility index (Phi) is 7.20. The molecule has 2 aromatic rings. The van der Waals surface area contributed by atoms with Crippen molar-refractivity contribution in [3.05, 3.63) is 68.7 Å². The number of alkyl halides is 3. The fourth-order valence-corrected chi connectivity index (χ4v) is 2.78. The van der Waals surface area contributed by atoms with Gasteiger partial charge < -0.3 is 10.6 Å². The molecule has 0 atom stereocenters. The standard InChI is InChI=1S/C18H13BrClF3N2O3/c19-12-3-1-2-11(7-12)16(27)25-9-15(26)17(28)24-8-10-4-5-14(20)13(6-10)18(21,22)23/h1-7H,8-9H2,(H,24,28)(H,25,27). The first-order valence-corrected chi connectivity index (χ1v) is 8.95. The molecular formula is C18H13BrClF3N2O3. The molecule has 0 aliphatic rings. The molecule has 0 saturated carbocycles. The molecular weight excluding hydrogens is 465 g/mol. The van der Waals surface area contributed by atoms with Crippen molar-refractivity contribution < 1.29 is 27.6 Å². The molecule has 0 unspecified atom stereocenters. The van der Waals surface area contributed by atoms with E-state index >= 15 is 0 Å². The molecule has 28 heavy (non-hydrogen) atoms. The number of carbonyl (C=O) groups excluding carboxylic acids is 3. The van der Waals surface area contributed by atoms with Crippen molar-refractivity contribution in [2.75, 3.05) is 6.54 Å². The van der Waals surface area contributed by atoms with Crippen LogP contribution in [0.1, 0.15) is 21.5 Å². The number of rotatable bonds is 6. The number of halogens is 5. The Morgan fingerprint density at radius 1 is 1.04 bits per heavy atom. The van der Waals surface area contributed by atoms with Gasteiger partial charge >= 0.3 is 6.18 Å². The maximum atomic E-state index is 12.8. The highest BCUT2D eigenvalue weighted by molar-refractivity contribution is 9.10. The van der Waals surface area contributed by atoms with Crippen LogP contribution in [-0.2, 0) is 22.3 Å². The van der Waals surface area contributed by atoms with Crippen molar-refractivity contribution in [2.24, 2.45) is 0 Å². The Labute approximate surface area is 171 Å². The zero-order valence-corrected chi connectivity index (χ0v) is 16.4. The van der Waals surface area contributed by atoms with E-state index in [0.717, 1.165) is 12.1 Å². The van der Waals surface area contributed by atoms with Crippen LogP contribution in [0, 0.1) is 0 Å². The highest BCUT2D eigenvalue weighted by atomic mass is 79.9. The molecule has 2 N–H and O–H groups in total. The second-order valence-electron chi connectivity index (χ2n) is 5.61. The van der Waals surface area contributed by atoms with Crippen LogP contribution in [0.4, 0.5) is 13.2 Å². The van der Waals surface area contributed by atoms with Gasteiger partial charge in [0.1, 0.15) is 0 Å². The number of Topliss-reactive ketones (excluding diaryl/α,β-unsaturated/α-hetero) is 1. The van der Waals surface area contributed by atoms with Gasteiger partial charge in [-0.3, -0.25) is 14.4 Å². The maximum absolute atomic E-state index is 12.8. The first kappa shape index (κ1) is 21.9. The monoisotopic (exact) mass is 476 g/mol. The predicted molar refractivity (Wildman–Crippen MR) is 99.8 cm³/mol. The summed E-state index contributed by atoms with van der Waals surface area (Å²) in [7, 11) is 0. The molecule has 0 aromatic heterocycles. The largest absolute Gasteiger partial charge is 0.417 e. The average molecular weight is 478 g/mol. The molecule has 2 amide bonds. The lowest BCUT2D eigenvalue weighted by Gasteiger charge is -2.11.